The predicted octanol–water partition coefficient (Wildman–Crippen LogP) is 3.17. The molecule has 0 saturated heterocycles. The van der Waals surface area contributed by atoms with E-state index in [0.717, 1.165) is 10.5 Å². The molecule has 0 saturated carbocycles. The van der Waals surface area contributed by atoms with Crippen molar-refractivity contribution in [2.75, 3.05) is 11.5 Å². The van der Waals surface area contributed by atoms with E-state index >= 15 is 0 Å². The molecule has 0 aliphatic heterocycles. The number of aryl methyl sites for hydroxylation is 1. The Bertz CT molecular complexity index is 314. The number of rotatable bonds is 4. The van der Waals surface area contributed by atoms with Crippen LogP contribution in [0, 0.1) is 11.7 Å². The van der Waals surface area contributed by atoms with Crippen LogP contribution in [0.15, 0.2) is 6.20 Å². The zero-order valence-corrected chi connectivity index (χ0v) is 9.97. The van der Waals surface area contributed by atoms with Crippen LogP contribution in [-0.2, 0) is 0 Å². The Hall–Kier alpha value is -0.220. The van der Waals surface area contributed by atoms with Crippen molar-refractivity contribution in [3.8, 4) is 0 Å². The third kappa shape index (κ3) is 2.61. The summed E-state index contributed by atoms with van der Waals surface area (Å²) in [4.78, 5) is 3.06. The molecule has 0 aliphatic rings. The number of nitrogens with one attached hydrogen (secondary N) is 1. The van der Waals surface area contributed by atoms with Gasteiger partial charge < -0.3 is 9.55 Å². The Morgan fingerprint density at radius 1 is 1.69 bits per heavy atom. The van der Waals surface area contributed by atoms with Gasteiger partial charge in [0.15, 0.2) is 4.77 Å². The molecule has 0 aliphatic carbocycles. The van der Waals surface area contributed by atoms with Gasteiger partial charge in [0.05, 0.1) is 0 Å². The normalized spacial score (nSPS) is 13.2. The first-order valence-electron chi connectivity index (χ1n) is 4.51. The monoisotopic (exact) mass is 216 g/mol. The van der Waals surface area contributed by atoms with Crippen LogP contribution in [0.5, 0.6) is 0 Å². The summed E-state index contributed by atoms with van der Waals surface area (Å²) in [7, 11) is 0. The fraction of sp³-hybridized carbons (Fsp3) is 0.667. The minimum Gasteiger partial charge on any atom is -0.337 e. The molecule has 0 bridgehead atoms. The lowest BCUT2D eigenvalue weighted by Gasteiger charge is -2.14. The predicted molar refractivity (Wildman–Crippen MR) is 62.1 cm³/mol. The van der Waals surface area contributed by atoms with Gasteiger partial charge in [-0.3, -0.25) is 0 Å². The van der Waals surface area contributed by atoms with Gasteiger partial charge in [-0.2, -0.15) is 11.8 Å². The molecule has 1 aromatic heterocycles. The Labute approximate surface area is 88.7 Å². The summed E-state index contributed by atoms with van der Waals surface area (Å²) in [5.74, 6) is 2.30. The van der Waals surface area contributed by atoms with E-state index in [1.54, 1.807) is 0 Å². The van der Waals surface area contributed by atoms with E-state index in [-0.39, 0.29) is 0 Å². The Balaban J connectivity index is 2.75. The minimum absolute atomic E-state index is 0.490. The zero-order chi connectivity index (χ0) is 9.84. The molecule has 1 aromatic rings. The molecule has 74 valence electrons. The maximum atomic E-state index is 5.20. The summed E-state index contributed by atoms with van der Waals surface area (Å²) >= 11 is 7.15. The Kier molecular flexibility index (Phi) is 4.06. The van der Waals surface area contributed by atoms with Crippen molar-refractivity contribution in [2.45, 2.75) is 26.8 Å². The van der Waals surface area contributed by atoms with Crippen molar-refractivity contribution in [3.63, 3.8) is 0 Å². The van der Waals surface area contributed by atoms with Gasteiger partial charge in [-0.25, -0.2) is 0 Å². The topological polar surface area (TPSA) is 20.7 Å². The average molecular weight is 216 g/mol. The summed E-state index contributed by atoms with van der Waals surface area (Å²) in [5, 5.41) is 0. The van der Waals surface area contributed by atoms with E-state index in [1.165, 1.54) is 11.4 Å². The smallest absolute Gasteiger partial charge is 0.177 e. The maximum absolute atomic E-state index is 5.20. The number of imidazole rings is 1. The highest BCUT2D eigenvalue weighted by atomic mass is 32.2. The molecule has 4 heteroatoms. The van der Waals surface area contributed by atoms with E-state index in [1.807, 2.05) is 18.0 Å². The van der Waals surface area contributed by atoms with Crippen LogP contribution in [0.3, 0.4) is 0 Å². The van der Waals surface area contributed by atoms with E-state index in [0.29, 0.717) is 6.04 Å². The van der Waals surface area contributed by atoms with E-state index in [4.69, 9.17) is 12.2 Å². The second-order valence-corrected chi connectivity index (χ2v) is 4.82. The molecular formula is C9H16N2S2. The van der Waals surface area contributed by atoms with Gasteiger partial charge >= 0.3 is 0 Å². The molecule has 1 rings (SSSR count). The van der Waals surface area contributed by atoms with E-state index < -0.39 is 0 Å². The number of nitrogens with zero attached hydrogens (tertiary/aromatic N) is 1. The van der Waals surface area contributed by atoms with Crippen LogP contribution in [-0.4, -0.2) is 21.1 Å². The summed E-state index contributed by atoms with van der Waals surface area (Å²) in [6.07, 6.45) is 1.97. The molecule has 0 amide bonds. The van der Waals surface area contributed by atoms with Crippen LogP contribution in [0.25, 0.3) is 0 Å². The molecule has 2 nitrogen and oxygen atoms in total. The van der Waals surface area contributed by atoms with Crippen LogP contribution in [0.2, 0.25) is 0 Å². The van der Waals surface area contributed by atoms with Crippen molar-refractivity contribution < 1.29 is 0 Å². The minimum atomic E-state index is 0.490. The fourth-order valence-electron chi connectivity index (χ4n) is 1.38. The summed E-state index contributed by atoms with van der Waals surface area (Å²) < 4.78 is 3.01. The first-order chi connectivity index (χ1) is 6.16. The fourth-order valence-corrected chi connectivity index (χ4v) is 2.48. The lowest BCUT2D eigenvalue weighted by molar-refractivity contribution is 0.587. The largest absolute Gasteiger partial charge is 0.337 e. The summed E-state index contributed by atoms with van der Waals surface area (Å²) in [6.45, 7) is 6.47. The molecule has 0 aromatic carbocycles. The third-order valence-corrected chi connectivity index (χ3v) is 3.45. The van der Waals surface area contributed by atoms with Crippen molar-refractivity contribution in [1.82, 2.24) is 9.55 Å². The second kappa shape index (κ2) is 4.86. The van der Waals surface area contributed by atoms with Crippen LogP contribution in [0.4, 0.5) is 0 Å². The van der Waals surface area contributed by atoms with Gasteiger partial charge in [0, 0.05) is 23.7 Å². The molecule has 0 radical (unpaired) electrons. The van der Waals surface area contributed by atoms with E-state index in [9.17, 15) is 0 Å². The second-order valence-electron chi connectivity index (χ2n) is 3.11. The van der Waals surface area contributed by atoms with Gasteiger partial charge in [-0.15, -0.1) is 0 Å². The highest BCUT2D eigenvalue weighted by molar-refractivity contribution is 7.99. The molecule has 13 heavy (non-hydrogen) atoms. The van der Waals surface area contributed by atoms with Gasteiger partial charge in [0.2, 0.25) is 0 Å². The number of hydrogen-bond acceptors (Lipinski definition) is 2. The number of aromatic amines is 1. The van der Waals surface area contributed by atoms with Gasteiger partial charge in [-0.1, -0.05) is 6.92 Å². The molecule has 0 spiro atoms. The van der Waals surface area contributed by atoms with Crippen molar-refractivity contribution >= 4 is 24.0 Å². The zero-order valence-electron chi connectivity index (χ0n) is 8.33. The summed E-state index contributed by atoms with van der Waals surface area (Å²) in [6, 6.07) is 0.490. The van der Waals surface area contributed by atoms with Gasteiger partial charge in [0.25, 0.3) is 0 Å². The first-order valence-corrected chi connectivity index (χ1v) is 6.07. The van der Waals surface area contributed by atoms with E-state index in [2.05, 4.69) is 30.3 Å². The summed E-state index contributed by atoms with van der Waals surface area (Å²) in [5.41, 5.74) is 1.22. The number of H-pyrrole nitrogens is 1. The Morgan fingerprint density at radius 3 is 2.85 bits per heavy atom. The lowest BCUT2D eigenvalue weighted by atomic mass is 10.3. The highest BCUT2D eigenvalue weighted by Gasteiger charge is 2.07. The molecule has 0 fully saturated rings. The molecule has 1 atom stereocenters. The first kappa shape index (κ1) is 10.9. The van der Waals surface area contributed by atoms with Gasteiger partial charge in [0.1, 0.15) is 0 Å². The molecular weight excluding hydrogens is 200 g/mol. The van der Waals surface area contributed by atoms with Crippen LogP contribution < -0.4 is 0 Å². The Morgan fingerprint density at radius 2 is 2.38 bits per heavy atom. The van der Waals surface area contributed by atoms with Crippen molar-refractivity contribution in [2.24, 2.45) is 0 Å². The highest BCUT2D eigenvalue weighted by Crippen LogP contribution is 2.16. The quantitative estimate of drug-likeness (QED) is 0.780. The van der Waals surface area contributed by atoms with Crippen LogP contribution >= 0.6 is 24.0 Å². The SMILES string of the molecule is CCSCC(C)n1c(C)c[nH]c1=S. The average Bonchev–Trinajstić information content (AvgIpc) is 2.42. The lowest BCUT2D eigenvalue weighted by Crippen LogP contribution is -2.09. The van der Waals surface area contributed by atoms with Crippen molar-refractivity contribution in [3.05, 3.63) is 16.7 Å². The third-order valence-electron chi connectivity index (χ3n) is 2.01. The molecule has 1 N–H and O–H groups in total. The maximum Gasteiger partial charge on any atom is 0.177 e. The molecule has 1 unspecified atom stereocenters. The number of hydrogen-bond donors (Lipinski definition) is 1. The van der Waals surface area contributed by atoms with Gasteiger partial charge in [-0.05, 0) is 31.8 Å². The standard InChI is InChI=1S/C9H16N2S2/c1-4-13-6-8(3)11-7(2)5-10-9(11)12/h5,8H,4,6H2,1-3H3,(H,10,12). The van der Waals surface area contributed by atoms with Crippen LogP contribution in [0.1, 0.15) is 25.6 Å². The van der Waals surface area contributed by atoms with Crippen molar-refractivity contribution in [1.29, 1.82) is 0 Å². The number of aromatic nitrogens is 2. The molecule has 1 heterocycles. The number of thioether (sulfide) groups is 1.